The third-order valence-corrected chi connectivity index (χ3v) is 5.90. The number of rotatable bonds is 4. The molecule has 0 saturated heterocycles. The average Bonchev–Trinajstić information content (AvgIpc) is 2.78. The van der Waals surface area contributed by atoms with Crippen molar-refractivity contribution >= 4 is 23.3 Å². The fourth-order valence-corrected chi connectivity index (χ4v) is 3.84. The molecule has 154 valence electrons. The Morgan fingerprint density at radius 3 is 2.47 bits per heavy atom. The van der Waals surface area contributed by atoms with E-state index in [0.29, 0.717) is 30.1 Å². The number of hydrogen-bond donors (Lipinski definition) is 0. The molecule has 30 heavy (non-hydrogen) atoms. The summed E-state index contributed by atoms with van der Waals surface area (Å²) in [7, 11) is 2.04. The number of amides is 1. The highest BCUT2D eigenvalue weighted by molar-refractivity contribution is 6.33. The molecular weight excluding hydrogens is 396 g/mol. The predicted octanol–water partition coefficient (Wildman–Crippen LogP) is 4.84. The Labute approximate surface area is 182 Å². The van der Waals surface area contributed by atoms with Gasteiger partial charge in [-0.1, -0.05) is 54.1 Å². The van der Waals surface area contributed by atoms with Crippen LogP contribution < -0.4 is 4.90 Å². The summed E-state index contributed by atoms with van der Waals surface area (Å²) in [6.07, 6.45) is 0.687. The second kappa shape index (κ2) is 8.44. The number of aromatic nitrogens is 2. The van der Waals surface area contributed by atoms with E-state index in [4.69, 9.17) is 21.6 Å². The van der Waals surface area contributed by atoms with Crippen LogP contribution in [0.4, 0.5) is 5.82 Å². The van der Waals surface area contributed by atoms with Crippen molar-refractivity contribution in [3.8, 4) is 11.4 Å². The predicted molar refractivity (Wildman–Crippen MR) is 121 cm³/mol. The summed E-state index contributed by atoms with van der Waals surface area (Å²) in [5.74, 6) is 1.55. The van der Waals surface area contributed by atoms with Gasteiger partial charge >= 0.3 is 0 Å². The molecule has 1 aliphatic rings. The number of fused-ring (bicyclic) bond motifs is 1. The van der Waals surface area contributed by atoms with E-state index >= 15 is 0 Å². The number of halogens is 1. The van der Waals surface area contributed by atoms with E-state index in [1.807, 2.05) is 54.4 Å². The number of anilines is 1. The molecule has 1 amide bonds. The zero-order chi connectivity index (χ0) is 21.3. The van der Waals surface area contributed by atoms with Crippen LogP contribution in [-0.4, -0.2) is 40.4 Å². The maximum absolute atomic E-state index is 13.1. The molecule has 3 aromatic rings. The van der Waals surface area contributed by atoms with E-state index in [0.717, 1.165) is 28.5 Å². The van der Waals surface area contributed by atoms with E-state index in [1.165, 1.54) is 0 Å². The van der Waals surface area contributed by atoms with Crippen molar-refractivity contribution in [2.75, 3.05) is 18.5 Å². The fourth-order valence-electron chi connectivity index (χ4n) is 3.63. The van der Waals surface area contributed by atoms with E-state index < -0.39 is 0 Å². The van der Waals surface area contributed by atoms with Crippen LogP contribution in [0.25, 0.3) is 11.4 Å². The van der Waals surface area contributed by atoms with Gasteiger partial charge in [0.15, 0.2) is 5.82 Å². The Morgan fingerprint density at radius 2 is 1.77 bits per heavy atom. The van der Waals surface area contributed by atoms with Crippen molar-refractivity contribution < 1.29 is 4.79 Å². The second-order valence-corrected chi connectivity index (χ2v) is 8.23. The summed E-state index contributed by atoms with van der Waals surface area (Å²) in [5, 5.41) is 0.475. The van der Waals surface area contributed by atoms with Crippen LogP contribution in [-0.2, 0) is 13.0 Å². The molecule has 0 unspecified atom stereocenters. The first-order valence-corrected chi connectivity index (χ1v) is 10.6. The standard InChI is InChI=1S/C24H25ClN4O/c1-16(2)28(3)23-19-15-29(24(30)18-11-7-8-12-20(18)25)14-13-21(19)26-22(27-23)17-9-5-4-6-10-17/h4-12,16H,13-15H2,1-3H3. The first-order valence-electron chi connectivity index (χ1n) is 10.2. The SMILES string of the molecule is CC(C)N(C)c1nc(-c2ccccc2)nc2c1CN(C(=O)c1ccccc1Cl)CC2. The number of carbonyl (C=O) groups is 1. The topological polar surface area (TPSA) is 49.3 Å². The molecule has 0 N–H and O–H groups in total. The van der Waals surface area contributed by atoms with Crippen molar-refractivity contribution in [2.24, 2.45) is 0 Å². The van der Waals surface area contributed by atoms with Crippen molar-refractivity contribution in [2.45, 2.75) is 32.9 Å². The third kappa shape index (κ3) is 3.90. The largest absolute Gasteiger partial charge is 0.357 e. The molecule has 6 heteroatoms. The van der Waals surface area contributed by atoms with Crippen LogP contribution in [0.5, 0.6) is 0 Å². The lowest BCUT2D eigenvalue weighted by molar-refractivity contribution is 0.0734. The van der Waals surface area contributed by atoms with Gasteiger partial charge in [-0.25, -0.2) is 9.97 Å². The van der Waals surface area contributed by atoms with Crippen LogP contribution >= 0.6 is 11.6 Å². The zero-order valence-electron chi connectivity index (χ0n) is 17.5. The molecule has 0 radical (unpaired) electrons. The first-order chi connectivity index (χ1) is 14.5. The van der Waals surface area contributed by atoms with Crippen molar-refractivity contribution in [3.05, 3.63) is 76.4 Å². The van der Waals surface area contributed by atoms with Gasteiger partial charge in [-0.05, 0) is 26.0 Å². The van der Waals surface area contributed by atoms with Crippen LogP contribution in [0.1, 0.15) is 35.5 Å². The molecule has 4 rings (SSSR count). The summed E-state index contributed by atoms with van der Waals surface area (Å²) in [4.78, 5) is 26.9. The van der Waals surface area contributed by atoms with Gasteiger partial charge < -0.3 is 9.80 Å². The zero-order valence-corrected chi connectivity index (χ0v) is 18.2. The normalized spacial score (nSPS) is 13.3. The van der Waals surface area contributed by atoms with E-state index in [1.54, 1.807) is 12.1 Å². The number of benzene rings is 2. The lowest BCUT2D eigenvalue weighted by Crippen LogP contribution is -2.38. The maximum atomic E-state index is 13.1. The number of hydrogen-bond acceptors (Lipinski definition) is 4. The minimum atomic E-state index is -0.0588. The highest BCUT2D eigenvalue weighted by Crippen LogP contribution is 2.31. The number of nitrogens with zero attached hydrogens (tertiary/aromatic N) is 4. The molecule has 0 spiro atoms. The summed E-state index contributed by atoms with van der Waals surface area (Å²) >= 11 is 6.27. The number of carbonyl (C=O) groups excluding carboxylic acids is 1. The fraction of sp³-hybridized carbons (Fsp3) is 0.292. The lowest BCUT2D eigenvalue weighted by atomic mass is 10.0. The van der Waals surface area contributed by atoms with Gasteiger partial charge in [0, 0.05) is 37.2 Å². The molecule has 5 nitrogen and oxygen atoms in total. The summed E-state index contributed by atoms with van der Waals surface area (Å²) in [5.41, 5.74) is 3.54. The van der Waals surface area contributed by atoms with Crippen molar-refractivity contribution in [1.82, 2.24) is 14.9 Å². The van der Waals surface area contributed by atoms with Gasteiger partial charge in [-0.3, -0.25) is 4.79 Å². The van der Waals surface area contributed by atoms with E-state index in [2.05, 4.69) is 18.7 Å². The van der Waals surface area contributed by atoms with Crippen molar-refractivity contribution in [3.63, 3.8) is 0 Å². The molecule has 2 aromatic carbocycles. The summed E-state index contributed by atoms with van der Waals surface area (Å²) in [6, 6.07) is 17.5. The molecule has 1 aromatic heterocycles. The van der Waals surface area contributed by atoms with Gasteiger partial charge in [0.25, 0.3) is 5.91 Å². The quantitative estimate of drug-likeness (QED) is 0.606. The molecule has 0 atom stereocenters. The molecule has 0 fully saturated rings. The van der Waals surface area contributed by atoms with Crippen molar-refractivity contribution in [1.29, 1.82) is 0 Å². The molecular formula is C24H25ClN4O. The third-order valence-electron chi connectivity index (χ3n) is 5.57. The van der Waals surface area contributed by atoms with Crippen LogP contribution in [0, 0.1) is 0 Å². The highest BCUT2D eigenvalue weighted by Gasteiger charge is 2.28. The molecule has 1 aliphatic heterocycles. The van der Waals surface area contributed by atoms with Crippen LogP contribution in [0.2, 0.25) is 5.02 Å². The molecule has 2 heterocycles. The van der Waals surface area contributed by atoms with Crippen LogP contribution in [0.3, 0.4) is 0 Å². The molecule has 0 saturated carbocycles. The van der Waals surface area contributed by atoms with Gasteiger partial charge in [-0.15, -0.1) is 0 Å². The first kappa shape index (κ1) is 20.4. The maximum Gasteiger partial charge on any atom is 0.255 e. The lowest BCUT2D eigenvalue weighted by Gasteiger charge is -2.33. The van der Waals surface area contributed by atoms with Crippen LogP contribution in [0.15, 0.2) is 54.6 Å². The highest BCUT2D eigenvalue weighted by atomic mass is 35.5. The summed E-state index contributed by atoms with van der Waals surface area (Å²) < 4.78 is 0. The Balaban J connectivity index is 1.74. The second-order valence-electron chi connectivity index (χ2n) is 7.82. The minimum Gasteiger partial charge on any atom is -0.357 e. The smallest absolute Gasteiger partial charge is 0.255 e. The van der Waals surface area contributed by atoms with E-state index in [9.17, 15) is 4.79 Å². The molecule has 0 aliphatic carbocycles. The minimum absolute atomic E-state index is 0.0588. The summed E-state index contributed by atoms with van der Waals surface area (Å²) in [6.45, 7) is 5.34. The monoisotopic (exact) mass is 420 g/mol. The van der Waals surface area contributed by atoms with Gasteiger partial charge in [-0.2, -0.15) is 0 Å². The van der Waals surface area contributed by atoms with E-state index in [-0.39, 0.29) is 11.9 Å². The van der Waals surface area contributed by atoms with Gasteiger partial charge in [0.05, 0.1) is 22.8 Å². The Hall–Kier alpha value is -2.92. The Morgan fingerprint density at radius 1 is 1.07 bits per heavy atom. The Kier molecular flexibility index (Phi) is 5.73. The average molecular weight is 421 g/mol. The molecule has 0 bridgehead atoms. The Bertz CT molecular complexity index is 1070. The van der Waals surface area contributed by atoms with Gasteiger partial charge in [0.1, 0.15) is 5.82 Å². The van der Waals surface area contributed by atoms with Gasteiger partial charge in [0.2, 0.25) is 0 Å².